The molecule has 0 unspecified atom stereocenters. The minimum Gasteiger partial charge on any atom is -0.482 e. The summed E-state index contributed by atoms with van der Waals surface area (Å²) in [5, 5.41) is 6.07. The quantitative estimate of drug-likeness (QED) is 0.872. The van der Waals surface area contributed by atoms with E-state index in [9.17, 15) is 4.79 Å². The van der Waals surface area contributed by atoms with Gasteiger partial charge in [-0.1, -0.05) is 0 Å². The summed E-state index contributed by atoms with van der Waals surface area (Å²) in [4.78, 5) is 15.3. The highest BCUT2D eigenvalue weighted by Gasteiger charge is 2.15. The summed E-state index contributed by atoms with van der Waals surface area (Å²) in [6.07, 6.45) is 3.58. The van der Waals surface area contributed by atoms with Crippen LogP contribution in [0.4, 0.5) is 11.4 Å². The zero-order valence-corrected chi connectivity index (χ0v) is 10.5. The Kier molecular flexibility index (Phi) is 2.83. The third-order valence-electron chi connectivity index (χ3n) is 3.00. The van der Waals surface area contributed by atoms with Crippen molar-refractivity contribution in [2.45, 2.75) is 6.54 Å². The first-order valence-electron chi connectivity index (χ1n) is 5.98. The molecule has 2 N–H and O–H groups in total. The normalized spacial score (nSPS) is 13.4. The minimum absolute atomic E-state index is 0.0782. The summed E-state index contributed by atoms with van der Waals surface area (Å²) in [7, 11) is 1.95. The van der Waals surface area contributed by atoms with Gasteiger partial charge in [-0.05, 0) is 18.2 Å². The maximum Gasteiger partial charge on any atom is 0.262 e. The fourth-order valence-electron chi connectivity index (χ4n) is 1.94. The Labute approximate surface area is 110 Å². The number of nitrogens with zero attached hydrogens (tertiary/aromatic N) is 2. The summed E-state index contributed by atoms with van der Waals surface area (Å²) in [5.41, 5.74) is 2.70. The Hall–Kier alpha value is -2.50. The van der Waals surface area contributed by atoms with Crippen molar-refractivity contribution in [1.82, 2.24) is 9.55 Å². The van der Waals surface area contributed by atoms with E-state index >= 15 is 0 Å². The van der Waals surface area contributed by atoms with E-state index < -0.39 is 0 Å². The second kappa shape index (κ2) is 4.64. The Morgan fingerprint density at radius 2 is 2.42 bits per heavy atom. The molecule has 98 valence electrons. The van der Waals surface area contributed by atoms with Crippen LogP contribution in [0.1, 0.15) is 5.69 Å². The van der Waals surface area contributed by atoms with Crippen LogP contribution in [-0.4, -0.2) is 22.1 Å². The second-order valence-electron chi connectivity index (χ2n) is 4.40. The number of carbonyl (C=O) groups is 1. The number of nitrogens with one attached hydrogen (secondary N) is 2. The van der Waals surface area contributed by atoms with Gasteiger partial charge in [-0.25, -0.2) is 4.98 Å². The molecule has 0 saturated carbocycles. The molecule has 1 aliphatic rings. The molecule has 1 aliphatic heterocycles. The summed E-state index contributed by atoms with van der Waals surface area (Å²) < 4.78 is 7.26. The molecule has 0 saturated heterocycles. The minimum atomic E-state index is -0.128. The molecule has 6 heteroatoms. The van der Waals surface area contributed by atoms with Gasteiger partial charge < -0.3 is 19.9 Å². The number of benzene rings is 1. The first-order chi connectivity index (χ1) is 9.22. The second-order valence-corrected chi connectivity index (χ2v) is 4.40. The van der Waals surface area contributed by atoms with Gasteiger partial charge in [-0.15, -0.1) is 0 Å². The lowest BCUT2D eigenvalue weighted by Gasteiger charge is -2.18. The molecule has 1 amide bonds. The van der Waals surface area contributed by atoms with E-state index in [4.69, 9.17) is 4.74 Å². The van der Waals surface area contributed by atoms with Crippen LogP contribution >= 0.6 is 0 Å². The first kappa shape index (κ1) is 11.6. The number of aryl methyl sites for hydroxylation is 1. The molecule has 1 aromatic heterocycles. The lowest BCUT2D eigenvalue weighted by molar-refractivity contribution is -0.118. The topological polar surface area (TPSA) is 68.2 Å². The van der Waals surface area contributed by atoms with Crippen LogP contribution in [0.15, 0.2) is 30.7 Å². The smallest absolute Gasteiger partial charge is 0.262 e. The third-order valence-corrected chi connectivity index (χ3v) is 3.00. The van der Waals surface area contributed by atoms with Gasteiger partial charge in [0.05, 0.1) is 24.3 Å². The molecule has 0 bridgehead atoms. The van der Waals surface area contributed by atoms with Gasteiger partial charge in [0.15, 0.2) is 6.61 Å². The fraction of sp³-hybridized carbons (Fsp3) is 0.231. The van der Waals surface area contributed by atoms with Gasteiger partial charge in [-0.3, -0.25) is 4.79 Å². The largest absolute Gasteiger partial charge is 0.482 e. The number of fused-ring (bicyclic) bond motifs is 1. The number of ether oxygens (including phenoxy) is 1. The van der Waals surface area contributed by atoms with E-state index in [1.807, 2.05) is 36.0 Å². The molecule has 0 spiro atoms. The molecule has 3 rings (SSSR count). The van der Waals surface area contributed by atoms with Crippen molar-refractivity contribution in [1.29, 1.82) is 0 Å². The van der Waals surface area contributed by atoms with Crippen LogP contribution in [-0.2, 0) is 18.4 Å². The number of amides is 1. The van der Waals surface area contributed by atoms with E-state index in [-0.39, 0.29) is 12.5 Å². The monoisotopic (exact) mass is 258 g/mol. The lowest BCUT2D eigenvalue weighted by atomic mass is 10.2. The van der Waals surface area contributed by atoms with Crippen LogP contribution in [0.2, 0.25) is 0 Å². The highest BCUT2D eigenvalue weighted by atomic mass is 16.5. The van der Waals surface area contributed by atoms with Crippen LogP contribution in [0.5, 0.6) is 5.75 Å². The average molecular weight is 258 g/mol. The van der Waals surface area contributed by atoms with Crippen molar-refractivity contribution in [2.75, 3.05) is 17.2 Å². The van der Waals surface area contributed by atoms with Crippen LogP contribution in [0.25, 0.3) is 0 Å². The van der Waals surface area contributed by atoms with E-state index in [1.165, 1.54) is 0 Å². The molecule has 2 heterocycles. The summed E-state index contributed by atoms with van der Waals surface area (Å²) in [6, 6.07) is 5.63. The fourth-order valence-corrected chi connectivity index (χ4v) is 1.94. The Bertz CT molecular complexity index is 621. The maximum absolute atomic E-state index is 11.3. The Morgan fingerprint density at radius 3 is 3.21 bits per heavy atom. The predicted molar refractivity (Wildman–Crippen MR) is 71.1 cm³/mol. The zero-order chi connectivity index (χ0) is 13.2. The molecular formula is C13H14N4O2. The summed E-state index contributed by atoms with van der Waals surface area (Å²) in [5.74, 6) is 0.571. The number of rotatable bonds is 3. The highest BCUT2D eigenvalue weighted by molar-refractivity contribution is 5.95. The Balaban J connectivity index is 1.74. The third kappa shape index (κ3) is 2.37. The molecule has 0 radical (unpaired) electrons. The van der Waals surface area contributed by atoms with E-state index in [2.05, 4.69) is 15.6 Å². The molecule has 2 aromatic rings. The van der Waals surface area contributed by atoms with Gasteiger partial charge in [0.25, 0.3) is 5.91 Å². The van der Waals surface area contributed by atoms with Crippen LogP contribution in [0, 0.1) is 0 Å². The maximum atomic E-state index is 11.3. The number of carbonyl (C=O) groups excluding carboxylic acids is 1. The predicted octanol–water partition coefficient (Wildman–Crippen LogP) is 1.36. The van der Waals surface area contributed by atoms with Gasteiger partial charge in [0, 0.05) is 18.9 Å². The standard InChI is InChI=1S/C13H14N4O2/c1-17-8-14-5-10(17)6-15-9-2-3-12-11(4-9)16-13(18)7-19-12/h2-5,8,15H,6-7H2,1H3,(H,16,18). The average Bonchev–Trinajstić information content (AvgIpc) is 2.81. The molecule has 19 heavy (non-hydrogen) atoms. The molecule has 1 aromatic carbocycles. The lowest BCUT2D eigenvalue weighted by Crippen LogP contribution is -2.25. The number of hydrogen-bond donors (Lipinski definition) is 2. The summed E-state index contributed by atoms with van der Waals surface area (Å²) >= 11 is 0. The number of anilines is 2. The first-order valence-corrected chi connectivity index (χ1v) is 5.98. The van der Waals surface area contributed by atoms with Crippen molar-refractivity contribution in [3.05, 3.63) is 36.4 Å². The van der Waals surface area contributed by atoms with Gasteiger partial charge in [0.1, 0.15) is 5.75 Å². The molecular weight excluding hydrogens is 244 g/mol. The van der Waals surface area contributed by atoms with Crippen molar-refractivity contribution in [3.63, 3.8) is 0 Å². The van der Waals surface area contributed by atoms with Crippen LogP contribution < -0.4 is 15.4 Å². The van der Waals surface area contributed by atoms with E-state index in [0.29, 0.717) is 18.0 Å². The van der Waals surface area contributed by atoms with E-state index in [1.54, 1.807) is 6.33 Å². The van der Waals surface area contributed by atoms with E-state index in [0.717, 1.165) is 11.4 Å². The van der Waals surface area contributed by atoms with Crippen molar-refractivity contribution >= 4 is 17.3 Å². The SMILES string of the molecule is Cn1cncc1CNc1ccc2c(c1)NC(=O)CO2. The number of imidazole rings is 1. The van der Waals surface area contributed by atoms with Gasteiger partial charge in [-0.2, -0.15) is 0 Å². The van der Waals surface area contributed by atoms with Gasteiger partial charge >= 0.3 is 0 Å². The Morgan fingerprint density at radius 1 is 1.53 bits per heavy atom. The van der Waals surface area contributed by atoms with Gasteiger partial charge in [0.2, 0.25) is 0 Å². The molecule has 0 aliphatic carbocycles. The van der Waals surface area contributed by atoms with Crippen molar-refractivity contribution in [3.8, 4) is 5.75 Å². The number of hydrogen-bond acceptors (Lipinski definition) is 4. The molecule has 0 fully saturated rings. The van der Waals surface area contributed by atoms with Crippen molar-refractivity contribution in [2.24, 2.45) is 7.05 Å². The summed E-state index contributed by atoms with van der Waals surface area (Å²) in [6.45, 7) is 0.749. The van der Waals surface area contributed by atoms with Crippen molar-refractivity contribution < 1.29 is 9.53 Å². The van der Waals surface area contributed by atoms with Crippen LogP contribution in [0.3, 0.4) is 0 Å². The zero-order valence-electron chi connectivity index (χ0n) is 10.5. The highest BCUT2D eigenvalue weighted by Crippen LogP contribution is 2.30. The molecule has 0 atom stereocenters. The molecule has 6 nitrogen and oxygen atoms in total. The number of aromatic nitrogens is 2.